The van der Waals surface area contributed by atoms with Gasteiger partial charge >= 0.3 is 0 Å². The van der Waals surface area contributed by atoms with Crippen LogP contribution in [0.3, 0.4) is 0 Å². The summed E-state index contributed by atoms with van der Waals surface area (Å²) in [4.78, 5) is 20.9. The van der Waals surface area contributed by atoms with Gasteiger partial charge in [-0.1, -0.05) is 17.7 Å². The highest BCUT2D eigenvalue weighted by molar-refractivity contribution is 6.31. The molecule has 1 N–H and O–H groups in total. The molecule has 4 aromatic rings. The third kappa shape index (κ3) is 4.22. The molecule has 7 heteroatoms. The number of pyridine rings is 1. The number of nitrogens with one attached hydrogen (secondary N) is 1. The Bertz CT molecular complexity index is 1170. The molecule has 146 valence electrons. The predicted molar refractivity (Wildman–Crippen MR) is 112 cm³/mol. The average molecular weight is 408 g/mol. The van der Waals surface area contributed by atoms with Crippen LogP contribution in [0.4, 0.5) is 5.69 Å². The van der Waals surface area contributed by atoms with Crippen molar-refractivity contribution >= 4 is 34.4 Å². The molecule has 1 amide bonds. The maximum absolute atomic E-state index is 12.4. The number of oxazole rings is 1. The van der Waals surface area contributed by atoms with Gasteiger partial charge < -0.3 is 14.5 Å². The fraction of sp³-hybridized carbons (Fsp3) is 0.136. The van der Waals surface area contributed by atoms with Gasteiger partial charge in [0.05, 0.1) is 0 Å². The van der Waals surface area contributed by atoms with Crippen LogP contribution in [0, 0.1) is 13.8 Å². The number of ether oxygens (including phenoxy) is 1. The first-order chi connectivity index (χ1) is 14.0. The lowest BCUT2D eigenvalue weighted by Crippen LogP contribution is -2.20. The minimum Gasteiger partial charge on any atom is -0.484 e. The highest BCUT2D eigenvalue weighted by Crippen LogP contribution is 2.27. The summed E-state index contributed by atoms with van der Waals surface area (Å²) in [5.74, 6) is 0.769. The van der Waals surface area contributed by atoms with Gasteiger partial charge in [-0.3, -0.25) is 4.79 Å². The van der Waals surface area contributed by atoms with Crippen molar-refractivity contribution in [1.29, 1.82) is 0 Å². The zero-order valence-electron chi connectivity index (χ0n) is 15.9. The first kappa shape index (κ1) is 19.0. The molecule has 0 radical (unpaired) electrons. The standard InChI is InChI=1S/C22H18ClN3O3/c1-13-5-6-15(22-26-21-19(29-22)4-3-9-24-21)11-18(13)25-20(27)12-28-16-7-8-17(23)14(2)10-16/h3-11H,12H2,1-2H3,(H,25,27). The zero-order chi connectivity index (χ0) is 20.4. The van der Waals surface area contributed by atoms with E-state index >= 15 is 0 Å². The van der Waals surface area contributed by atoms with Gasteiger partial charge in [-0.05, 0) is 67.4 Å². The Labute approximate surface area is 172 Å². The van der Waals surface area contributed by atoms with E-state index in [4.69, 9.17) is 20.8 Å². The Morgan fingerprint density at radius 1 is 1.14 bits per heavy atom. The number of fused-ring (bicyclic) bond motifs is 1. The molecule has 0 fully saturated rings. The Morgan fingerprint density at radius 2 is 2.00 bits per heavy atom. The number of aryl methyl sites for hydroxylation is 2. The topological polar surface area (TPSA) is 77.2 Å². The van der Waals surface area contributed by atoms with E-state index < -0.39 is 0 Å². The van der Waals surface area contributed by atoms with Crippen LogP contribution in [-0.4, -0.2) is 22.5 Å². The maximum atomic E-state index is 12.4. The van der Waals surface area contributed by atoms with Crippen LogP contribution < -0.4 is 10.1 Å². The average Bonchev–Trinajstić information content (AvgIpc) is 3.15. The van der Waals surface area contributed by atoms with Crippen molar-refractivity contribution < 1.29 is 13.9 Å². The monoisotopic (exact) mass is 407 g/mol. The van der Waals surface area contributed by atoms with Crippen LogP contribution in [0.15, 0.2) is 59.1 Å². The zero-order valence-corrected chi connectivity index (χ0v) is 16.7. The third-order valence-corrected chi connectivity index (χ3v) is 4.85. The molecule has 0 unspecified atom stereocenters. The summed E-state index contributed by atoms with van der Waals surface area (Å²) in [5, 5.41) is 3.53. The van der Waals surface area contributed by atoms with E-state index in [1.165, 1.54) is 0 Å². The number of hydrogen-bond acceptors (Lipinski definition) is 5. The Balaban J connectivity index is 1.48. The number of anilines is 1. The molecule has 0 aliphatic carbocycles. The molecule has 0 bridgehead atoms. The van der Waals surface area contributed by atoms with E-state index in [9.17, 15) is 4.79 Å². The number of carbonyl (C=O) groups excluding carboxylic acids is 1. The normalized spacial score (nSPS) is 10.9. The van der Waals surface area contributed by atoms with Crippen molar-refractivity contribution in [3.05, 3.63) is 70.9 Å². The molecule has 0 saturated carbocycles. The molecule has 6 nitrogen and oxygen atoms in total. The van der Waals surface area contributed by atoms with E-state index in [2.05, 4.69) is 15.3 Å². The van der Waals surface area contributed by atoms with Crippen molar-refractivity contribution in [1.82, 2.24) is 9.97 Å². The largest absolute Gasteiger partial charge is 0.484 e. The molecule has 0 atom stereocenters. The van der Waals surface area contributed by atoms with Gasteiger partial charge in [0, 0.05) is 22.5 Å². The number of benzene rings is 2. The summed E-state index contributed by atoms with van der Waals surface area (Å²) < 4.78 is 11.3. The van der Waals surface area contributed by atoms with Crippen LogP contribution in [0.1, 0.15) is 11.1 Å². The molecule has 29 heavy (non-hydrogen) atoms. The van der Waals surface area contributed by atoms with E-state index in [1.54, 1.807) is 30.5 Å². The van der Waals surface area contributed by atoms with Crippen LogP contribution in [0.25, 0.3) is 22.7 Å². The lowest BCUT2D eigenvalue weighted by atomic mass is 10.1. The highest BCUT2D eigenvalue weighted by atomic mass is 35.5. The SMILES string of the molecule is Cc1cc(OCC(=O)Nc2cc(-c3nc4ncccc4o3)ccc2C)ccc1Cl. The van der Waals surface area contributed by atoms with Gasteiger partial charge in [-0.2, -0.15) is 4.98 Å². The molecule has 2 heterocycles. The number of aromatic nitrogens is 2. The highest BCUT2D eigenvalue weighted by Gasteiger charge is 2.12. The summed E-state index contributed by atoms with van der Waals surface area (Å²) in [6.45, 7) is 3.68. The lowest BCUT2D eigenvalue weighted by molar-refractivity contribution is -0.118. The smallest absolute Gasteiger partial charge is 0.262 e. The van der Waals surface area contributed by atoms with Crippen molar-refractivity contribution in [2.45, 2.75) is 13.8 Å². The van der Waals surface area contributed by atoms with Crippen LogP contribution >= 0.6 is 11.6 Å². The van der Waals surface area contributed by atoms with Crippen molar-refractivity contribution in [2.75, 3.05) is 11.9 Å². The summed E-state index contributed by atoms with van der Waals surface area (Å²) >= 11 is 6.01. The predicted octanol–water partition coefficient (Wildman–Crippen LogP) is 5.18. The van der Waals surface area contributed by atoms with E-state index in [1.807, 2.05) is 38.1 Å². The molecular formula is C22H18ClN3O3. The Morgan fingerprint density at radius 3 is 2.79 bits per heavy atom. The van der Waals surface area contributed by atoms with E-state index in [-0.39, 0.29) is 12.5 Å². The molecule has 0 aliphatic heterocycles. The second-order valence-electron chi connectivity index (χ2n) is 6.62. The second-order valence-corrected chi connectivity index (χ2v) is 7.03. The van der Waals surface area contributed by atoms with Crippen LogP contribution in [-0.2, 0) is 4.79 Å². The van der Waals surface area contributed by atoms with Gasteiger partial charge in [-0.15, -0.1) is 0 Å². The van der Waals surface area contributed by atoms with E-state index in [0.29, 0.717) is 33.6 Å². The summed E-state index contributed by atoms with van der Waals surface area (Å²) in [7, 11) is 0. The van der Waals surface area contributed by atoms with Crippen molar-refractivity contribution in [3.8, 4) is 17.2 Å². The number of amides is 1. The van der Waals surface area contributed by atoms with E-state index in [0.717, 1.165) is 16.7 Å². The Hall–Kier alpha value is -3.38. The Kier molecular flexibility index (Phi) is 5.18. The minimum atomic E-state index is -0.267. The number of nitrogens with zero attached hydrogens (tertiary/aromatic N) is 2. The first-order valence-electron chi connectivity index (χ1n) is 9.01. The van der Waals surface area contributed by atoms with Crippen LogP contribution in [0.2, 0.25) is 5.02 Å². The lowest BCUT2D eigenvalue weighted by Gasteiger charge is -2.11. The number of hydrogen-bond donors (Lipinski definition) is 1. The molecule has 0 spiro atoms. The first-order valence-corrected chi connectivity index (χ1v) is 9.39. The summed E-state index contributed by atoms with van der Waals surface area (Å²) in [5.41, 5.74) is 4.37. The molecule has 2 aromatic carbocycles. The van der Waals surface area contributed by atoms with Crippen LogP contribution in [0.5, 0.6) is 5.75 Å². The van der Waals surface area contributed by atoms with Gasteiger partial charge in [0.25, 0.3) is 5.91 Å². The summed E-state index contributed by atoms with van der Waals surface area (Å²) in [6, 6.07) is 14.5. The quantitative estimate of drug-likeness (QED) is 0.493. The minimum absolute atomic E-state index is 0.114. The van der Waals surface area contributed by atoms with Gasteiger partial charge in [-0.25, -0.2) is 4.98 Å². The molecule has 4 rings (SSSR count). The fourth-order valence-corrected chi connectivity index (χ4v) is 2.94. The number of rotatable bonds is 5. The summed E-state index contributed by atoms with van der Waals surface area (Å²) in [6.07, 6.45) is 1.66. The van der Waals surface area contributed by atoms with Crippen molar-refractivity contribution in [3.63, 3.8) is 0 Å². The molecule has 0 aliphatic rings. The number of halogens is 1. The van der Waals surface area contributed by atoms with Gasteiger partial charge in [0.15, 0.2) is 17.8 Å². The fourth-order valence-electron chi connectivity index (χ4n) is 2.82. The van der Waals surface area contributed by atoms with Gasteiger partial charge in [0.2, 0.25) is 5.89 Å². The number of carbonyl (C=O) groups is 1. The maximum Gasteiger partial charge on any atom is 0.262 e. The second kappa shape index (κ2) is 7.93. The third-order valence-electron chi connectivity index (χ3n) is 4.42. The molecule has 2 aromatic heterocycles. The molecular weight excluding hydrogens is 390 g/mol. The van der Waals surface area contributed by atoms with Gasteiger partial charge in [0.1, 0.15) is 5.75 Å². The van der Waals surface area contributed by atoms with Crippen molar-refractivity contribution in [2.24, 2.45) is 0 Å². The molecule has 0 saturated heterocycles.